The molecule has 112 valence electrons. The average Bonchev–Trinajstić information content (AvgIpc) is 2.83. The Kier molecular flexibility index (Phi) is 3.67. The molecule has 0 amide bonds. The summed E-state index contributed by atoms with van der Waals surface area (Å²) in [6, 6.07) is 0. The van der Waals surface area contributed by atoms with E-state index < -0.39 is 11.4 Å². The second kappa shape index (κ2) is 4.88. The normalized spacial score (nSPS) is 24.2. The molecule has 0 radical (unpaired) electrons. The number of carboxylic acid groups (broad SMARTS) is 1. The van der Waals surface area contributed by atoms with Gasteiger partial charge in [0.25, 0.3) is 0 Å². The third-order valence-electron chi connectivity index (χ3n) is 4.08. The number of likely N-dealkylation sites (tertiary alicyclic amines) is 1. The van der Waals surface area contributed by atoms with Crippen molar-refractivity contribution >= 4 is 5.97 Å². The molecular formula is C15H25N3O2. The molecule has 0 saturated carbocycles. The van der Waals surface area contributed by atoms with Crippen molar-refractivity contribution in [1.82, 2.24) is 14.7 Å². The lowest BCUT2D eigenvalue weighted by molar-refractivity contribution is -0.147. The molecule has 5 nitrogen and oxygen atoms in total. The number of carboxylic acids is 1. The first kappa shape index (κ1) is 15.0. The van der Waals surface area contributed by atoms with E-state index >= 15 is 0 Å². The molecule has 2 rings (SSSR count). The number of hydrogen-bond donors (Lipinski definition) is 1. The molecule has 1 aromatic rings. The van der Waals surface area contributed by atoms with Crippen LogP contribution in [0, 0.1) is 5.41 Å². The van der Waals surface area contributed by atoms with Gasteiger partial charge in [0, 0.05) is 37.3 Å². The van der Waals surface area contributed by atoms with Gasteiger partial charge in [0.15, 0.2) is 0 Å². The molecule has 0 aliphatic carbocycles. The van der Waals surface area contributed by atoms with Crippen molar-refractivity contribution in [3.63, 3.8) is 0 Å². The molecule has 1 atom stereocenters. The summed E-state index contributed by atoms with van der Waals surface area (Å²) in [7, 11) is 1.93. The van der Waals surface area contributed by atoms with Crippen LogP contribution in [0.15, 0.2) is 6.20 Å². The maximum absolute atomic E-state index is 11.3. The van der Waals surface area contributed by atoms with Gasteiger partial charge in [-0.2, -0.15) is 5.10 Å². The quantitative estimate of drug-likeness (QED) is 0.919. The van der Waals surface area contributed by atoms with Gasteiger partial charge in [0.05, 0.1) is 11.1 Å². The number of aryl methyl sites for hydroxylation is 1. The van der Waals surface area contributed by atoms with Crippen LogP contribution < -0.4 is 0 Å². The highest BCUT2D eigenvalue weighted by atomic mass is 16.4. The lowest BCUT2D eigenvalue weighted by atomic mass is 9.89. The minimum absolute atomic E-state index is 0.00637. The summed E-state index contributed by atoms with van der Waals surface area (Å²) in [5.41, 5.74) is 1.70. The molecule has 1 N–H and O–H groups in total. The summed E-state index contributed by atoms with van der Waals surface area (Å²) >= 11 is 0. The van der Waals surface area contributed by atoms with E-state index in [1.807, 2.05) is 18.7 Å². The highest BCUT2D eigenvalue weighted by molar-refractivity contribution is 5.74. The van der Waals surface area contributed by atoms with Crippen LogP contribution in [-0.4, -0.2) is 38.8 Å². The maximum atomic E-state index is 11.3. The van der Waals surface area contributed by atoms with E-state index in [0.717, 1.165) is 18.8 Å². The SMILES string of the molecule is Cn1cc(CN2CCC(C)(C(=O)O)C2)c(C(C)(C)C)n1. The molecule has 1 aliphatic heterocycles. The Labute approximate surface area is 120 Å². The van der Waals surface area contributed by atoms with Crippen molar-refractivity contribution in [2.24, 2.45) is 12.5 Å². The van der Waals surface area contributed by atoms with Crippen molar-refractivity contribution < 1.29 is 9.90 Å². The maximum Gasteiger partial charge on any atom is 0.310 e. The minimum atomic E-state index is -0.692. The van der Waals surface area contributed by atoms with Crippen LogP contribution in [0.4, 0.5) is 0 Å². The standard InChI is InChI=1S/C15H25N3O2/c1-14(2,3)12-11(8-17(5)16-12)9-18-7-6-15(4,10-18)13(19)20/h8H,6-7,9-10H2,1-5H3,(H,19,20). The highest BCUT2D eigenvalue weighted by Crippen LogP contribution is 2.32. The van der Waals surface area contributed by atoms with Gasteiger partial charge in [-0.05, 0) is 19.9 Å². The fraction of sp³-hybridized carbons (Fsp3) is 0.733. The van der Waals surface area contributed by atoms with E-state index in [9.17, 15) is 9.90 Å². The average molecular weight is 279 g/mol. The predicted molar refractivity (Wildman–Crippen MR) is 77.5 cm³/mol. The fourth-order valence-electron chi connectivity index (χ4n) is 2.89. The van der Waals surface area contributed by atoms with Crippen LogP contribution in [0.25, 0.3) is 0 Å². The Bertz CT molecular complexity index is 516. The Balaban J connectivity index is 2.15. The van der Waals surface area contributed by atoms with Gasteiger partial charge in [-0.1, -0.05) is 20.8 Å². The third-order valence-corrected chi connectivity index (χ3v) is 4.08. The molecule has 0 spiro atoms. The van der Waals surface area contributed by atoms with Crippen molar-refractivity contribution in [2.45, 2.75) is 46.1 Å². The molecule has 2 heterocycles. The topological polar surface area (TPSA) is 58.4 Å². The predicted octanol–water partition coefficient (Wildman–Crippen LogP) is 2.01. The highest BCUT2D eigenvalue weighted by Gasteiger charge is 2.40. The zero-order chi connectivity index (χ0) is 15.1. The first-order valence-electron chi connectivity index (χ1n) is 7.10. The molecule has 0 bridgehead atoms. The van der Waals surface area contributed by atoms with E-state index in [-0.39, 0.29) is 5.41 Å². The minimum Gasteiger partial charge on any atom is -0.481 e. The van der Waals surface area contributed by atoms with Crippen molar-refractivity contribution in [3.05, 3.63) is 17.5 Å². The second-order valence-electron chi connectivity index (χ2n) is 7.25. The van der Waals surface area contributed by atoms with Gasteiger partial charge in [-0.25, -0.2) is 0 Å². The lowest BCUT2D eigenvalue weighted by Crippen LogP contribution is -2.31. The van der Waals surface area contributed by atoms with Gasteiger partial charge >= 0.3 is 5.97 Å². The summed E-state index contributed by atoms with van der Waals surface area (Å²) in [5, 5.41) is 13.9. The number of carbonyl (C=O) groups is 1. The van der Waals surface area contributed by atoms with Crippen molar-refractivity contribution in [3.8, 4) is 0 Å². The number of rotatable bonds is 3. The van der Waals surface area contributed by atoms with E-state index in [2.05, 4.69) is 37.0 Å². The Hall–Kier alpha value is -1.36. The van der Waals surface area contributed by atoms with E-state index in [1.165, 1.54) is 5.56 Å². The third kappa shape index (κ3) is 2.87. The van der Waals surface area contributed by atoms with Gasteiger partial charge in [-0.15, -0.1) is 0 Å². The Morgan fingerprint density at radius 3 is 2.65 bits per heavy atom. The van der Waals surface area contributed by atoms with Gasteiger partial charge in [0.2, 0.25) is 0 Å². The zero-order valence-corrected chi connectivity index (χ0v) is 13.1. The fourth-order valence-corrected chi connectivity index (χ4v) is 2.89. The van der Waals surface area contributed by atoms with Crippen LogP contribution >= 0.6 is 0 Å². The van der Waals surface area contributed by atoms with Crippen LogP contribution in [0.2, 0.25) is 0 Å². The summed E-state index contributed by atoms with van der Waals surface area (Å²) in [6.07, 6.45) is 2.77. The molecular weight excluding hydrogens is 254 g/mol. The number of aromatic nitrogens is 2. The van der Waals surface area contributed by atoms with Crippen molar-refractivity contribution in [2.75, 3.05) is 13.1 Å². The molecule has 0 aromatic carbocycles. The first-order valence-corrected chi connectivity index (χ1v) is 7.10. The van der Waals surface area contributed by atoms with Gasteiger partial charge in [-0.3, -0.25) is 14.4 Å². The molecule has 1 fully saturated rings. The summed E-state index contributed by atoms with van der Waals surface area (Å²) in [4.78, 5) is 13.5. The summed E-state index contributed by atoms with van der Waals surface area (Å²) < 4.78 is 1.85. The van der Waals surface area contributed by atoms with Crippen molar-refractivity contribution in [1.29, 1.82) is 0 Å². The zero-order valence-electron chi connectivity index (χ0n) is 13.1. The Morgan fingerprint density at radius 1 is 1.50 bits per heavy atom. The molecule has 1 unspecified atom stereocenters. The number of hydrogen-bond acceptors (Lipinski definition) is 3. The van der Waals surface area contributed by atoms with Gasteiger partial charge < -0.3 is 5.11 Å². The smallest absolute Gasteiger partial charge is 0.310 e. The van der Waals surface area contributed by atoms with Crippen LogP contribution in [-0.2, 0) is 23.8 Å². The molecule has 20 heavy (non-hydrogen) atoms. The lowest BCUT2D eigenvalue weighted by Gasteiger charge is -2.22. The summed E-state index contributed by atoms with van der Waals surface area (Å²) in [6.45, 7) is 10.5. The van der Waals surface area contributed by atoms with Crippen LogP contribution in [0.5, 0.6) is 0 Å². The number of aliphatic carboxylic acids is 1. The molecule has 1 aliphatic rings. The Morgan fingerprint density at radius 2 is 2.15 bits per heavy atom. The summed E-state index contributed by atoms with van der Waals surface area (Å²) in [5.74, 6) is -0.692. The number of nitrogens with zero attached hydrogens (tertiary/aromatic N) is 3. The first-order chi connectivity index (χ1) is 9.12. The largest absolute Gasteiger partial charge is 0.481 e. The van der Waals surface area contributed by atoms with Crippen LogP contribution in [0.3, 0.4) is 0 Å². The monoisotopic (exact) mass is 279 g/mol. The van der Waals surface area contributed by atoms with Crippen LogP contribution in [0.1, 0.15) is 45.4 Å². The van der Waals surface area contributed by atoms with E-state index in [0.29, 0.717) is 13.0 Å². The second-order valence-corrected chi connectivity index (χ2v) is 7.25. The van der Waals surface area contributed by atoms with Gasteiger partial charge in [0.1, 0.15) is 0 Å². The molecule has 1 aromatic heterocycles. The molecule has 1 saturated heterocycles. The van der Waals surface area contributed by atoms with E-state index in [1.54, 1.807) is 0 Å². The van der Waals surface area contributed by atoms with E-state index in [4.69, 9.17) is 0 Å². The molecule has 5 heteroatoms.